The lowest BCUT2D eigenvalue weighted by atomic mass is 10.2. The summed E-state index contributed by atoms with van der Waals surface area (Å²) in [7, 11) is 1.54. The number of carbonyl (C=O) groups is 1. The lowest BCUT2D eigenvalue weighted by molar-refractivity contribution is -0.121. The summed E-state index contributed by atoms with van der Waals surface area (Å²) in [5.41, 5.74) is 6.83. The summed E-state index contributed by atoms with van der Waals surface area (Å²) >= 11 is 6.09. The molecule has 0 heterocycles. The number of nitrogens with zero attached hydrogens (tertiary/aromatic N) is 2. The Bertz CT molecular complexity index is 476. The van der Waals surface area contributed by atoms with E-state index in [1.165, 1.54) is 0 Å². The van der Waals surface area contributed by atoms with Gasteiger partial charge in [0, 0.05) is 25.6 Å². The topological polar surface area (TPSA) is 58.8 Å². The zero-order chi connectivity index (χ0) is 15.3. The molecule has 0 aliphatic heterocycles. The SMILES string of the molecule is CCC(=O)N(c1cc(Cl)c(N)cc1OC)N(CC)CC. The summed E-state index contributed by atoms with van der Waals surface area (Å²) in [6, 6.07) is 3.30. The maximum atomic E-state index is 12.3. The minimum Gasteiger partial charge on any atom is -0.494 e. The molecule has 0 aliphatic rings. The van der Waals surface area contributed by atoms with Gasteiger partial charge in [0.25, 0.3) is 0 Å². The van der Waals surface area contributed by atoms with E-state index in [0.29, 0.717) is 41.7 Å². The minimum atomic E-state index is -0.0205. The first-order valence-electron chi connectivity index (χ1n) is 6.70. The van der Waals surface area contributed by atoms with Crippen molar-refractivity contribution in [2.45, 2.75) is 27.2 Å². The zero-order valence-corrected chi connectivity index (χ0v) is 13.2. The smallest absolute Gasteiger partial charge is 0.241 e. The number of hydrogen-bond acceptors (Lipinski definition) is 4. The third-order valence-electron chi connectivity index (χ3n) is 3.08. The van der Waals surface area contributed by atoms with E-state index in [1.54, 1.807) is 24.3 Å². The monoisotopic (exact) mass is 299 g/mol. The zero-order valence-electron chi connectivity index (χ0n) is 12.4. The number of nitrogens with two attached hydrogens (primary N) is 1. The van der Waals surface area contributed by atoms with Crippen molar-refractivity contribution < 1.29 is 9.53 Å². The van der Waals surface area contributed by atoms with Gasteiger partial charge in [-0.2, -0.15) is 0 Å². The summed E-state index contributed by atoms with van der Waals surface area (Å²) < 4.78 is 5.34. The average Bonchev–Trinajstić information content (AvgIpc) is 2.46. The quantitative estimate of drug-likeness (QED) is 0.648. The Morgan fingerprint density at radius 3 is 2.35 bits per heavy atom. The molecule has 5 nitrogen and oxygen atoms in total. The van der Waals surface area contributed by atoms with Crippen molar-refractivity contribution in [1.82, 2.24) is 5.01 Å². The Morgan fingerprint density at radius 2 is 1.90 bits per heavy atom. The molecule has 0 aliphatic carbocycles. The molecule has 20 heavy (non-hydrogen) atoms. The molecule has 0 atom stereocenters. The number of anilines is 2. The van der Waals surface area contributed by atoms with Gasteiger partial charge in [-0.3, -0.25) is 4.79 Å². The van der Waals surface area contributed by atoms with Gasteiger partial charge in [0.1, 0.15) is 11.4 Å². The molecule has 1 aromatic rings. The van der Waals surface area contributed by atoms with E-state index < -0.39 is 0 Å². The van der Waals surface area contributed by atoms with Gasteiger partial charge in [-0.15, -0.1) is 0 Å². The van der Waals surface area contributed by atoms with Crippen LogP contribution in [0.4, 0.5) is 11.4 Å². The average molecular weight is 300 g/mol. The number of nitrogen functional groups attached to an aromatic ring is 1. The maximum Gasteiger partial charge on any atom is 0.241 e. The first-order valence-corrected chi connectivity index (χ1v) is 7.08. The van der Waals surface area contributed by atoms with Crippen LogP contribution in [0.2, 0.25) is 5.02 Å². The third-order valence-corrected chi connectivity index (χ3v) is 3.41. The van der Waals surface area contributed by atoms with Crippen LogP contribution < -0.4 is 15.5 Å². The molecule has 0 bridgehead atoms. The van der Waals surface area contributed by atoms with Gasteiger partial charge < -0.3 is 10.5 Å². The van der Waals surface area contributed by atoms with Crippen LogP contribution in [0.25, 0.3) is 0 Å². The second-order valence-corrected chi connectivity index (χ2v) is 4.65. The number of methoxy groups -OCH3 is 1. The number of halogens is 1. The van der Waals surface area contributed by atoms with Crippen molar-refractivity contribution in [1.29, 1.82) is 0 Å². The van der Waals surface area contributed by atoms with E-state index in [1.807, 2.05) is 25.8 Å². The third kappa shape index (κ3) is 3.35. The molecular formula is C14H22ClN3O2. The lowest BCUT2D eigenvalue weighted by Crippen LogP contribution is -2.46. The second kappa shape index (κ2) is 7.36. The van der Waals surface area contributed by atoms with Crippen molar-refractivity contribution in [3.8, 4) is 5.75 Å². The Hall–Kier alpha value is -1.46. The second-order valence-electron chi connectivity index (χ2n) is 4.24. The Morgan fingerprint density at radius 1 is 1.30 bits per heavy atom. The predicted octanol–water partition coefficient (Wildman–Crippen LogP) is 2.93. The Kier molecular flexibility index (Phi) is 6.10. The van der Waals surface area contributed by atoms with Crippen molar-refractivity contribution in [2.24, 2.45) is 0 Å². The van der Waals surface area contributed by atoms with Crippen LogP contribution in [0.5, 0.6) is 5.75 Å². The van der Waals surface area contributed by atoms with Gasteiger partial charge in [-0.1, -0.05) is 32.4 Å². The van der Waals surface area contributed by atoms with Gasteiger partial charge in [-0.25, -0.2) is 10.0 Å². The van der Waals surface area contributed by atoms with E-state index in [0.717, 1.165) is 0 Å². The van der Waals surface area contributed by atoms with Crippen LogP contribution in [0, 0.1) is 0 Å². The number of rotatable bonds is 6. The first-order chi connectivity index (χ1) is 9.49. The van der Waals surface area contributed by atoms with Crippen LogP contribution in [0.1, 0.15) is 27.2 Å². The lowest BCUT2D eigenvalue weighted by Gasteiger charge is -2.34. The summed E-state index contributed by atoms with van der Waals surface area (Å²) in [5.74, 6) is 0.508. The predicted molar refractivity (Wildman–Crippen MR) is 83.1 cm³/mol. The number of carbonyl (C=O) groups excluding carboxylic acids is 1. The molecule has 0 unspecified atom stereocenters. The van der Waals surface area contributed by atoms with E-state index in [9.17, 15) is 4.79 Å². The Balaban J connectivity index is 3.39. The van der Waals surface area contributed by atoms with Crippen LogP contribution >= 0.6 is 11.6 Å². The highest BCUT2D eigenvalue weighted by atomic mass is 35.5. The molecule has 0 aromatic heterocycles. The van der Waals surface area contributed by atoms with Gasteiger partial charge in [0.05, 0.1) is 17.8 Å². The number of benzene rings is 1. The molecule has 0 fully saturated rings. The van der Waals surface area contributed by atoms with Crippen LogP contribution in [0.15, 0.2) is 12.1 Å². The molecule has 0 radical (unpaired) electrons. The normalized spacial score (nSPS) is 10.7. The molecule has 1 rings (SSSR count). The minimum absolute atomic E-state index is 0.0205. The number of hydrazine groups is 1. The molecule has 1 aromatic carbocycles. The fraction of sp³-hybridized carbons (Fsp3) is 0.500. The standard InChI is InChI=1S/C14H22ClN3O2/c1-5-14(19)18(17(6-2)7-3)12-8-10(15)11(16)9-13(12)20-4/h8-9H,5-7,16H2,1-4H3. The highest BCUT2D eigenvalue weighted by Crippen LogP contribution is 2.36. The molecule has 6 heteroatoms. The first kappa shape index (κ1) is 16.6. The molecule has 112 valence electrons. The molecular weight excluding hydrogens is 278 g/mol. The highest BCUT2D eigenvalue weighted by Gasteiger charge is 2.24. The molecule has 0 spiro atoms. The Labute approximate surface area is 125 Å². The summed E-state index contributed by atoms with van der Waals surface area (Å²) in [6.07, 6.45) is 0.391. The van der Waals surface area contributed by atoms with Gasteiger partial charge in [-0.05, 0) is 6.07 Å². The van der Waals surface area contributed by atoms with Gasteiger partial charge in [0.15, 0.2) is 0 Å². The van der Waals surface area contributed by atoms with Crippen molar-refractivity contribution in [3.05, 3.63) is 17.2 Å². The fourth-order valence-electron chi connectivity index (χ4n) is 1.99. The summed E-state index contributed by atoms with van der Waals surface area (Å²) in [4.78, 5) is 12.3. The molecule has 2 N–H and O–H groups in total. The van der Waals surface area contributed by atoms with Gasteiger partial charge >= 0.3 is 0 Å². The highest BCUT2D eigenvalue weighted by molar-refractivity contribution is 6.33. The van der Waals surface area contributed by atoms with Crippen LogP contribution in [0.3, 0.4) is 0 Å². The molecule has 0 saturated heterocycles. The van der Waals surface area contributed by atoms with Crippen molar-refractivity contribution >= 4 is 28.9 Å². The van der Waals surface area contributed by atoms with E-state index in [2.05, 4.69) is 0 Å². The van der Waals surface area contributed by atoms with E-state index in [4.69, 9.17) is 22.1 Å². The maximum absolute atomic E-state index is 12.3. The fourth-order valence-corrected chi connectivity index (χ4v) is 2.15. The number of amides is 1. The largest absolute Gasteiger partial charge is 0.494 e. The molecule has 0 saturated carbocycles. The summed E-state index contributed by atoms with van der Waals surface area (Å²) in [6.45, 7) is 7.21. The van der Waals surface area contributed by atoms with E-state index in [-0.39, 0.29) is 5.91 Å². The van der Waals surface area contributed by atoms with Crippen LogP contribution in [-0.4, -0.2) is 31.1 Å². The van der Waals surface area contributed by atoms with Gasteiger partial charge in [0.2, 0.25) is 5.91 Å². The number of hydrogen-bond donors (Lipinski definition) is 1. The number of ether oxygens (including phenoxy) is 1. The van der Waals surface area contributed by atoms with Crippen molar-refractivity contribution in [3.63, 3.8) is 0 Å². The van der Waals surface area contributed by atoms with E-state index >= 15 is 0 Å². The molecule has 1 amide bonds. The van der Waals surface area contributed by atoms with Crippen molar-refractivity contribution in [2.75, 3.05) is 30.9 Å². The summed E-state index contributed by atoms with van der Waals surface area (Å²) in [5, 5.41) is 3.95. The van der Waals surface area contributed by atoms with Crippen LogP contribution in [-0.2, 0) is 4.79 Å².